The largest absolute Gasteiger partial charge is 0.446 e. The van der Waals surface area contributed by atoms with Gasteiger partial charge in [0.25, 0.3) is 0 Å². The lowest BCUT2D eigenvalue weighted by Crippen LogP contribution is -2.28. The molecule has 0 aliphatic heterocycles. The number of hydrogen-bond donors (Lipinski definition) is 2. The maximum atomic E-state index is 12.1. The number of carbonyl (C=O) groups excluding carboxylic acids is 2. The molecule has 2 heterocycles. The van der Waals surface area contributed by atoms with Crippen LogP contribution in [0.2, 0.25) is 0 Å². The van der Waals surface area contributed by atoms with E-state index in [1.54, 1.807) is 6.20 Å². The summed E-state index contributed by atoms with van der Waals surface area (Å²) in [5.41, 5.74) is 4.07. The third-order valence-electron chi connectivity index (χ3n) is 5.55. The molecule has 0 bridgehead atoms. The second-order valence-corrected chi connectivity index (χ2v) is 8.94. The molecule has 8 heteroatoms. The summed E-state index contributed by atoms with van der Waals surface area (Å²) < 4.78 is 6.37. The highest BCUT2D eigenvalue weighted by Crippen LogP contribution is 2.34. The van der Waals surface area contributed by atoms with E-state index < -0.39 is 6.09 Å². The summed E-state index contributed by atoms with van der Waals surface area (Å²) in [5, 5.41) is 6.36. The zero-order chi connectivity index (χ0) is 20.7. The van der Waals surface area contributed by atoms with Crippen molar-refractivity contribution >= 4 is 44.4 Å². The first-order valence-corrected chi connectivity index (χ1v) is 11.0. The van der Waals surface area contributed by atoms with Crippen LogP contribution in [0.3, 0.4) is 0 Å². The van der Waals surface area contributed by atoms with Gasteiger partial charge >= 0.3 is 6.09 Å². The molecular formula is C22H22N4O3S. The quantitative estimate of drug-likeness (QED) is 0.595. The smallest absolute Gasteiger partial charge is 0.411 e. The first-order chi connectivity index (χ1) is 14.5. The van der Waals surface area contributed by atoms with Gasteiger partial charge in [0.05, 0.1) is 21.6 Å². The van der Waals surface area contributed by atoms with Crippen molar-refractivity contribution in [2.45, 2.75) is 45.1 Å². The molecule has 0 saturated heterocycles. The average Bonchev–Trinajstić information content (AvgIpc) is 3.47. The zero-order valence-corrected chi connectivity index (χ0v) is 17.4. The highest BCUT2D eigenvalue weighted by Gasteiger charge is 2.30. The maximum Gasteiger partial charge on any atom is 0.411 e. The van der Waals surface area contributed by atoms with E-state index in [1.807, 2.05) is 31.2 Å². The molecule has 2 N–H and O–H groups in total. The van der Waals surface area contributed by atoms with E-state index in [9.17, 15) is 9.59 Å². The fourth-order valence-electron chi connectivity index (χ4n) is 3.31. The van der Waals surface area contributed by atoms with Crippen LogP contribution < -0.4 is 10.6 Å². The summed E-state index contributed by atoms with van der Waals surface area (Å²) in [6.07, 6.45) is 6.29. The van der Waals surface area contributed by atoms with Gasteiger partial charge in [0.1, 0.15) is 6.10 Å². The van der Waals surface area contributed by atoms with Crippen LogP contribution in [-0.4, -0.2) is 28.1 Å². The number of nitrogens with one attached hydrogen (secondary N) is 2. The van der Waals surface area contributed by atoms with Crippen LogP contribution in [0.5, 0.6) is 0 Å². The number of amides is 2. The number of aromatic nitrogens is 2. The van der Waals surface area contributed by atoms with Gasteiger partial charge in [-0.2, -0.15) is 0 Å². The number of hydrogen-bond acceptors (Lipinski definition) is 6. The van der Waals surface area contributed by atoms with Crippen LogP contribution in [0.25, 0.3) is 21.3 Å². The SMILES string of the molecule is Cc1ncc(-c2ccc3nc(NC(=O)C4CC4)sc3c2)cc1NC(=O)OC1CCC1. The van der Waals surface area contributed by atoms with E-state index in [4.69, 9.17) is 4.74 Å². The summed E-state index contributed by atoms with van der Waals surface area (Å²) in [4.78, 5) is 33.1. The number of benzene rings is 1. The second-order valence-electron chi connectivity index (χ2n) is 7.91. The standard InChI is InChI=1S/C22H22N4O3S/c1-12-18(25-22(28)29-16-3-2-4-16)9-15(11-23-12)14-7-8-17-19(10-14)30-21(24-17)26-20(27)13-5-6-13/h7-11,13,16H,2-6H2,1H3,(H,25,28)(H,24,26,27). The van der Waals surface area contributed by atoms with Crippen molar-refractivity contribution in [1.29, 1.82) is 0 Å². The predicted molar refractivity (Wildman–Crippen MR) is 117 cm³/mol. The van der Waals surface area contributed by atoms with E-state index >= 15 is 0 Å². The van der Waals surface area contributed by atoms with Gasteiger partial charge in [0.2, 0.25) is 5.91 Å². The Hall–Kier alpha value is -3.00. The molecule has 5 rings (SSSR count). The molecular weight excluding hydrogens is 400 g/mol. The highest BCUT2D eigenvalue weighted by molar-refractivity contribution is 7.22. The Labute approximate surface area is 177 Å². The number of ether oxygens (including phenoxy) is 1. The number of fused-ring (bicyclic) bond motifs is 1. The van der Waals surface area contributed by atoms with Gasteiger partial charge < -0.3 is 10.1 Å². The molecule has 2 saturated carbocycles. The number of nitrogens with zero attached hydrogens (tertiary/aromatic N) is 2. The lowest BCUT2D eigenvalue weighted by Gasteiger charge is -2.25. The molecule has 2 aliphatic carbocycles. The molecule has 2 aliphatic rings. The third-order valence-corrected chi connectivity index (χ3v) is 6.48. The number of thiazole rings is 1. The fourth-order valence-corrected chi connectivity index (χ4v) is 4.22. The predicted octanol–water partition coefficient (Wildman–Crippen LogP) is 5.12. The number of anilines is 2. The topological polar surface area (TPSA) is 93.2 Å². The van der Waals surface area contributed by atoms with E-state index in [-0.39, 0.29) is 17.9 Å². The molecule has 2 fully saturated rings. The molecule has 2 aromatic heterocycles. The molecule has 1 aromatic carbocycles. The molecule has 154 valence electrons. The van der Waals surface area contributed by atoms with Crippen LogP contribution >= 0.6 is 11.3 Å². The average molecular weight is 423 g/mol. The van der Waals surface area contributed by atoms with Crippen LogP contribution in [0, 0.1) is 12.8 Å². The number of rotatable bonds is 5. The van der Waals surface area contributed by atoms with Crippen molar-refractivity contribution in [2.24, 2.45) is 5.92 Å². The van der Waals surface area contributed by atoms with Crippen molar-refractivity contribution in [1.82, 2.24) is 9.97 Å². The van der Waals surface area contributed by atoms with Crippen molar-refractivity contribution in [2.75, 3.05) is 10.6 Å². The number of aryl methyl sites for hydroxylation is 1. The van der Waals surface area contributed by atoms with E-state index in [1.165, 1.54) is 11.3 Å². The fraction of sp³-hybridized carbons (Fsp3) is 0.364. The second kappa shape index (κ2) is 7.68. The molecule has 0 unspecified atom stereocenters. The van der Waals surface area contributed by atoms with Crippen LogP contribution in [0.4, 0.5) is 15.6 Å². The van der Waals surface area contributed by atoms with Gasteiger partial charge in [-0.1, -0.05) is 17.4 Å². The summed E-state index contributed by atoms with van der Waals surface area (Å²) in [6, 6.07) is 7.84. The monoisotopic (exact) mass is 422 g/mol. The Kier molecular flexibility index (Phi) is 4.86. The van der Waals surface area contributed by atoms with Crippen LogP contribution in [-0.2, 0) is 9.53 Å². The summed E-state index contributed by atoms with van der Waals surface area (Å²) in [7, 11) is 0. The lowest BCUT2D eigenvalue weighted by molar-refractivity contribution is -0.117. The molecule has 0 radical (unpaired) electrons. The minimum absolute atomic E-state index is 0.0322. The molecule has 0 spiro atoms. The zero-order valence-electron chi connectivity index (χ0n) is 16.6. The molecule has 0 atom stereocenters. The van der Waals surface area contributed by atoms with Gasteiger partial charge in [-0.25, -0.2) is 9.78 Å². The summed E-state index contributed by atoms with van der Waals surface area (Å²) >= 11 is 1.46. The van der Waals surface area contributed by atoms with Crippen molar-refractivity contribution in [3.63, 3.8) is 0 Å². The summed E-state index contributed by atoms with van der Waals surface area (Å²) in [6.45, 7) is 1.85. The van der Waals surface area contributed by atoms with E-state index in [0.29, 0.717) is 10.8 Å². The molecule has 3 aromatic rings. The molecule has 7 nitrogen and oxygen atoms in total. The number of carbonyl (C=O) groups is 2. The Morgan fingerprint density at radius 2 is 1.93 bits per heavy atom. The molecule has 30 heavy (non-hydrogen) atoms. The van der Waals surface area contributed by atoms with E-state index in [2.05, 4.69) is 20.6 Å². The van der Waals surface area contributed by atoms with Gasteiger partial charge in [-0.15, -0.1) is 0 Å². The Bertz CT molecular complexity index is 1130. The van der Waals surface area contributed by atoms with Gasteiger partial charge in [-0.05, 0) is 62.8 Å². The Balaban J connectivity index is 1.36. The van der Waals surface area contributed by atoms with Gasteiger partial charge in [-0.3, -0.25) is 15.1 Å². The Morgan fingerprint density at radius 1 is 1.10 bits per heavy atom. The van der Waals surface area contributed by atoms with Crippen LogP contribution in [0.1, 0.15) is 37.8 Å². The maximum absolute atomic E-state index is 12.1. The Morgan fingerprint density at radius 3 is 2.67 bits per heavy atom. The minimum Gasteiger partial charge on any atom is -0.446 e. The van der Waals surface area contributed by atoms with Crippen molar-refractivity contribution in [3.8, 4) is 11.1 Å². The van der Waals surface area contributed by atoms with Gasteiger partial charge in [0.15, 0.2) is 5.13 Å². The normalized spacial score (nSPS) is 16.2. The molecule has 2 amide bonds. The van der Waals surface area contributed by atoms with Crippen LogP contribution in [0.15, 0.2) is 30.5 Å². The minimum atomic E-state index is -0.435. The first-order valence-electron chi connectivity index (χ1n) is 10.2. The highest BCUT2D eigenvalue weighted by atomic mass is 32.1. The lowest BCUT2D eigenvalue weighted by atomic mass is 9.96. The third kappa shape index (κ3) is 4.00. The van der Waals surface area contributed by atoms with Crippen molar-refractivity contribution < 1.29 is 14.3 Å². The summed E-state index contributed by atoms with van der Waals surface area (Å²) in [5.74, 6) is 0.203. The first kappa shape index (κ1) is 19.0. The van der Waals surface area contributed by atoms with E-state index in [0.717, 1.165) is 59.1 Å². The van der Waals surface area contributed by atoms with Crippen molar-refractivity contribution in [3.05, 3.63) is 36.2 Å². The number of pyridine rings is 1. The van der Waals surface area contributed by atoms with Gasteiger partial charge in [0, 0.05) is 17.7 Å².